The van der Waals surface area contributed by atoms with Gasteiger partial charge in [0.1, 0.15) is 0 Å². The maximum atomic E-state index is 10.7. The third-order valence-corrected chi connectivity index (χ3v) is 2.15. The average molecular weight is 234 g/mol. The summed E-state index contributed by atoms with van der Waals surface area (Å²) >= 11 is 0. The lowest BCUT2D eigenvalue weighted by Gasteiger charge is -2.03. The molecule has 8 heteroatoms. The first kappa shape index (κ1) is 11.1. The molecular weight excluding hydrogens is 224 g/mol. The smallest absolute Gasteiger partial charge is 0.271 e. The fraction of sp³-hybridized carbons (Fsp3) is 0.222. The second kappa shape index (κ2) is 4.66. The van der Waals surface area contributed by atoms with Gasteiger partial charge < -0.3 is 5.32 Å². The number of nitrogens with zero attached hydrogens (tertiary/aromatic N) is 5. The highest BCUT2D eigenvalue weighted by Crippen LogP contribution is 2.16. The molecule has 1 heterocycles. The SMILES string of the molecule is CNCc1nnnn1-c1cccc([N+](=O)[O-])c1. The molecule has 0 spiro atoms. The van der Waals surface area contributed by atoms with E-state index in [2.05, 4.69) is 20.8 Å². The molecule has 0 aliphatic rings. The Morgan fingerprint density at radius 1 is 1.53 bits per heavy atom. The van der Waals surface area contributed by atoms with E-state index in [1.54, 1.807) is 19.2 Å². The molecule has 0 radical (unpaired) electrons. The van der Waals surface area contributed by atoms with Gasteiger partial charge in [0.05, 0.1) is 17.2 Å². The summed E-state index contributed by atoms with van der Waals surface area (Å²) in [5.74, 6) is 0.591. The Hall–Kier alpha value is -2.35. The summed E-state index contributed by atoms with van der Waals surface area (Å²) in [6, 6.07) is 6.15. The molecule has 8 nitrogen and oxygen atoms in total. The number of aromatic nitrogens is 4. The van der Waals surface area contributed by atoms with Crippen molar-refractivity contribution in [1.29, 1.82) is 0 Å². The van der Waals surface area contributed by atoms with Gasteiger partial charge in [0.25, 0.3) is 5.69 Å². The quantitative estimate of drug-likeness (QED) is 0.603. The minimum absolute atomic E-state index is 0.00778. The molecule has 2 aromatic rings. The molecule has 88 valence electrons. The lowest BCUT2D eigenvalue weighted by molar-refractivity contribution is -0.384. The van der Waals surface area contributed by atoms with Crippen LogP contribution in [0.25, 0.3) is 5.69 Å². The van der Waals surface area contributed by atoms with Crippen molar-refractivity contribution in [2.24, 2.45) is 0 Å². The summed E-state index contributed by atoms with van der Waals surface area (Å²) < 4.78 is 1.46. The van der Waals surface area contributed by atoms with Gasteiger partial charge in [-0.15, -0.1) is 5.10 Å². The van der Waals surface area contributed by atoms with Crippen LogP contribution in [0, 0.1) is 10.1 Å². The Morgan fingerprint density at radius 3 is 3.06 bits per heavy atom. The zero-order valence-corrected chi connectivity index (χ0v) is 9.07. The Labute approximate surface area is 96.4 Å². The van der Waals surface area contributed by atoms with Gasteiger partial charge in [-0.1, -0.05) is 6.07 Å². The summed E-state index contributed by atoms with van der Waals surface area (Å²) in [4.78, 5) is 10.2. The van der Waals surface area contributed by atoms with Crippen LogP contribution < -0.4 is 5.32 Å². The van der Waals surface area contributed by atoms with Crippen LogP contribution in [-0.2, 0) is 6.54 Å². The van der Waals surface area contributed by atoms with E-state index in [9.17, 15) is 10.1 Å². The number of hydrogen-bond donors (Lipinski definition) is 1. The number of nitrogens with one attached hydrogen (secondary N) is 1. The molecule has 0 aliphatic carbocycles. The van der Waals surface area contributed by atoms with Crippen molar-refractivity contribution in [3.05, 3.63) is 40.2 Å². The third-order valence-electron chi connectivity index (χ3n) is 2.15. The van der Waals surface area contributed by atoms with Crippen molar-refractivity contribution in [1.82, 2.24) is 25.5 Å². The predicted molar refractivity (Wildman–Crippen MR) is 58.6 cm³/mol. The second-order valence-electron chi connectivity index (χ2n) is 3.31. The van der Waals surface area contributed by atoms with Crippen molar-refractivity contribution >= 4 is 5.69 Å². The molecule has 0 aliphatic heterocycles. The lowest BCUT2D eigenvalue weighted by Crippen LogP contribution is -2.12. The van der Waals surface area contributed by atoms with Crippen LogP contribution in [0.5, 0.6) is 0 Å². The van der Waals surface area contributed by atoms with Crippen molar-refractivity contribution in [3.63, 3.8) is 0 Å². The van der Waals surface area contributed by atoms with Crippen LogP contribution in [0.15, 0.2) is 24.3 Å². The normalized spacial score (nSPS) is 10.4. The Morgan fingerprint density at radius 2 is 2.35 bits per heavy atom. The summed E-state index contributed by atoms with van der Waals surface area (Å²) in [5, 5.41) is 24.8. The molecule has 17 heavy (non-hydrogen) atoms. The van der Waals surface area contributed by atoms with Crippen LogP contribution in [-0.4, -0.2) is 32.2 Å². The molecule has 0 atom stereocenters. The number of hydrogen-bond acceptors (Lipinski definition) is 6. The number of nitro groups is 1. The van der Waals surface area contributed by atoms with Crippen LogP contribution in [0.1, 0.15) is 5.82 Å². The molecule has 0 saturated carbocycles. The first-order valence-corrected chi connectivity index (χ1v) is 4.89. The maximum absolute atomic E-state index is 10.7. The molecule has 0 amide bonds. The van der Waals surface area contributed by atoms with Crippen LogP contribution in [0.4, 0.5) is 5.69 Å². The standard InChI is InChI=1S/C9H10N6O2/c1-10-6-9-11-12-13-14(9)7-3-2-4-8(5-7)15(16)17/h2-5,10H,6H2,1H3. The monoisotopic (exact) mass is 234 g/mol. The van der Waals surface area contributed by atoms with E-state index >= 15 is 0 Å². The van der Waals surface area contributed by atoms with Crippen molar-refractivity contribution in [2.75, 3.05) is 7.05 Å². The maximum Gasteiger partial charge on any atom is 0.271 e. The predicted octanol–water partition coefficient (Wildman–Crippen LogP) is 0.290. The number of non-ortho nitro benzene ring substituents is 1. The second-order valence-corrected chi connectivity index (χ2v) is 3.31. The van der Waals surface area contributed by atoms with Gasteiger partial charge in [-0.05, 0) is 23.5 Å². The largest absolute Gasteiger partial charge is 0.313 e. The molecule has 0 bridgehead atoms. The Kier molecular flexibility index (Phi) is 3.06. The van der Waals surface area contributed by atoms with Gasteiger partial charge in [-0.2, -0.15) is 4.68 Å². The zero-order chi connectivity index (χ0) is 12.3. The molecular formula is C9H10N6O2. The van der Waals surface area contributed by atoms with Gasteiger partial charge >= 0.3 is 0 Å². The van der Waals surface area contributed by atoms with E-state index in [4.69, 9.17) is 0 Å². The Bertz CT molecular complexity index is 538. The van der Waals surface area contributed by atoms with Crippen molar-refractivity contribution in [3.8, 4) is 5.69 Å². The molecule has 0 saturated heterocycles. The number of benzene rings is 1. The third kappa shape index (κ3) is 2.26. The molecule has 0 unspecified atom stereocenters. The van der Waals surface area contributed by atoms with Crippen molar-refractivity contribution < 1.29 is 4.92 Å². The lowest BCUT2D eigenvalue weighted by atomic mass is 10.3. The van der Waals surface area contributed by atoms with Gasteiger partial charge in [0.15, 0.2) is 5.82 Å². The Balaban J connectivity index is 2.42. The van der Waals surface area contributed by atoms with Crippen LogP contribution in [0.3, 0.4) is 0 Å². The topological polar surface area (TPSA) is 98.8 Å². The summed E-state index contributed by atoms with van der Waals surface area (Å²) in [6.07, 6.45) is 0. The highest BCUT2D eigenvalue weighted by Gasteiger charge is 2.11. The van der Waals surface area contributed by atoms with Gasteiger partial charge in [0.2, 0.25) is 0 Å². The minimum atomic E-state index is -0.453. The summed E-state index contributed by atoms with van der Waals surface area (Å²) in [6.45, 7) is 0.482. The highest BCUT2D eigenvalue weighted by molar-refractivity contribution is 5.42. The van der Waals surface area contributed by atoms with Crippen LogP contribution >= 0.6 is 0 Å². The van der Waals surface area contributed by atoms with Crippen molar-refractivity contribution in [2.45, 2.75) is 6.54 Å². The van der Waals surface area contributed by atoms with Gasteiger partial charge in [-0.3, -0.25) is 10.1 Å². The zero-order valence-electron chi connectivity index (χ0n) is 9.07. The van der Waals surface area contributed by atoms with Gasteiger partial charge in [0, 0.05) is 12.1 Å². The fourth-order valence-electron chi connectivity index (χ4n) is 1.41. The number of tetrazole rings is 1. The van der Waals surface area contributed by atoms with E-state index in [-0.39, 0.29) is 5.69 Å². The first-order chi connectivity index (χ1) is 8.22. The van der Waals surface area contributed by atoms with E-state index in [0.717, 1.165) is 0 Å². The number of rotatable bonds is 4. The summed E-state index contributed by atoms with van der Waals surface area (Å²) in [5.41, 5.74) is 0.572. The average Bonchev–Trinajstić information content (AvgIpc) is 2.78. The van der Waals surface area contributed by atoms with E-state index in [1.165, 1.54) is 16.8 Å². The van der Waals surface area contributed by atoms with Gasteiger partial charge in [-0.25, -0.2) is 0 Å². The van der Waals surface area contributed by atoms with E-state index in [1.807, 2.05) is 0 Å². The molecule has 1 aromatic carbocycles. The minimum Gasteiger partial charge on any atom is -0.313 e. The number of nitro benzene ring substituents is 1. The van der Waals surface area contributed by atoms with Crippen LogP contribution in [0.2, 0.25) is 0 Å². The van der Waals surface area contributed by atoms with E-state index in [0.29, 0.717) is 18.1 Å². The van der Waals surface area contributed by atoms with E-state index < -0.39 is 4.92 Å². The summed E-state index contributed by atoms with van der Waals surface area (Å²) in [7, 11) is 1.77. The highest BCUT2D eigenvalue weighted by atomic mass is 16.6. The molecule has 1 aromatic heterocycles. The molecule has 0 fully saturated rings. The first-order valence-electron chi connectivity index (χ1n) is 4.89. The molecule has 1 N–H and O–H groups in total. The molecule has 2 rings (SSSR count). The fourth-order valence-corrected chi connectivity index (χ4v) is 1.41.